The molecule has 2 amide bonds. The first kappa shape index (κ1) is 18.2. The lowest BCUT2D eigenvalue weighted by atomic mass is 10.2. The van der Waals surface area contributed by atoms with Crippen LogP contribution in [0.25, 0.3) is 0 Å². The Labute approximate surface area is 147 Å². The molecule has 0 fully saturated rings. The second-order valence-corrected chi connectivity index (χ2v) is 5.52. The molecule has 0 saturated carbocycles. The minimum Gasteiger partial charge on any atom is -0.383 e. The Morgan fingerprint density at radius 3 is 2.36 bits per heavy atom. The molecule has 1 unspecified atom stereocenters. The molecule has 1 atom stereocenters. The van der Waals surface area contributed by atoms with E-state index in [-0.39, 0.29) is 11.8 Å². The second-order valence-electron chi connectivity index (χ2n) is 5.52. The van der Waals surface area contributed by atoms with Crippen LogP contribution >= 0.6 is 0 Å². The lowest BCUT2D eigenvalue weighted by molar-refractivity contribution is -0.128. The summed E-state index contributed by atoms with van der Waals surface area (Å²) in [6.07, 6.45) is 0.809. The quantitative estimate of drug-likeness (QED) is 0.649. The van der Waals surface area contributed by atoms with Crippen LogP contribution in [0.3, 0.4) is 0 Å². The summed E-state index contributed by atoms with van der Waals surface area (Å²) in [6, 6.07) is 16.4. The molecule has 0 saturated heterocycles. The van der Waals surface area contributed by atoms with Crippen molar-refractivity contribution >= 4 is 29.4 Å². The first-order chi connectivity index (χ1) is 12.0. The van der Waals surface area contributed by atoms with Gasteiger partial charge in [0.2, 0.25) is 12.0 Å². The molecule has 1 N–H and O–H groups in total. The van der Waals surface area contributed by atoms with Gasteiger partial charge in [-0.1, -0.05) is 35.5 Å². The van der Waals surface area contributed by atoms with Crippen molar-refractivity contribution in [3.63, 3.8) is 0 Å². The van der Waals surface area contributed by atoms with Crippen molar-refractivity contribution < 1.29 is 14.4 Å². The van der Waals surface area contributed by atoms with Crippen LogP contribution in [0.2, 0.25) is 0 Å². The van der Waals surface area contributed by atoms with Crippen molar-refractivity contribution in [2.24, 2.45) is 5.16 Å². The smallest absolute Gasteiger partial charge is 0.270 e. The van der Waals surface area contributed by atoms with Crippen LogP contribution < -0.4 is 10.2 Å². The van der Waals surface area contributed by atoms with Gasteiger partial charge in [-0.25, -0.2) is 0 Å². The fourth-order valence-corrected chi connectivity index (χ4v) is 2.13. The number of oxime groups is 1. The van der Waals surface area contributed by atoms with Crippen LogP contribution in [-0.4, -0.2) is 31.2 Å². The average molecular weight is 339 g/mol. The summed E-state index contributed by atoms with van der Waals surface area (Å²) in [7, 11) is 1.70. The number of rotatable bonds is 6. The molecule has 130 valence electrons. The number of amides is 2. The Bertz CT molecular complexity index is 742. The normalized spacial score (nSPS) is 11.8. The average Bonchev–Trinajstić information content (AvgIpc) is 2.62. The zero-order valence-electron chi connectivity index (χ0n) is 14.5. The molecule has 2 rings (SSSR count). The van der Waals surface area contributed by atoms with Gasteiger partial charge >= 0.3 is 0 Å². The summed E-state index contributed by atoms with van der Waals surface area (Å²) in [5.74, 6) is -0.316. The molecule has 0 aliphatic heterocycles. The summed E-state index contributed by atoms with van der Waals surface area (Å²) in [5, 5.41) is 6.55. The maximum Gasteiger partial charge on any atom is 0.270 e. The summed E-state index contributed by atoms with van der Waals surface area (Å²) in [6.45, 7) is 3.10. The summed E-state index contributed by atoms with van der Waals surface area (Å²) < 4.78 is 0. The zero-order chi connectivity index (χ0) is 18.2. The molecule has 6 heteroatoms. The van der Waals surface area contributed by atoms with E-state index in [1.54, 1.807) is 38.2 Å². The number of para-hydroxylation sites is 1. The predicted molar refractivity (Wildman–Crippen MR) is 98.7 cm³/mol. The topological polar surface area (TPSA) is 71.0 Å². The van der Waals surface area contributed by atoms with Crippen molar-refractivity contribution in [1.29, 1.82) is 0 Å². The predicted octanol–water partition coefficient (Wildman–Crippen LogP) is 3.05. The van der Waals surface area contributed by atoms with Gasteiger partial charge in [-0.05, 0) is 36.8 Å². The van der Waals surface area contributed by atoms with Gasteiger partial charge in [0.15, 0.2) is 0 Å². The minimum atomic E-state index is -0.708. The van der Waals surface area contributed by atoms with Gasteiger partial charge in [0.25, 0.3) is 5.91 Å². The lowest BCUT2D eigenvalue weighted by Crippen LogP contribution is -2.35. The summed E-state index contributed by atoms with van der Waals surface area (Å²) in [5.41, 5.74) is 2.30. The van der Waals surface area contributed by atoms with E-state index in [2.05, 4.69) is 10.5 Å². The van der Waals surface area contributed by atoms with E-state index in [9.17, 15) is 9.59 Å². The maximum absolute atomic E-state index is 12.3. The first-order valence-corrected chi connectivity index (χ1v) is 7.87. The number of hydrogen-bond donors (Lipinski definition) is 1. The Morgan fingerprint density at radius 1 is 1.12 bits per heavy atom. The molecule has 0 aromatic heterocycles. The maximum atomic E-state index is 12.3. The number of carbonyl (C=O) groups is 2. The lowest BCUT2D eigenvalue weighted by Gasteiger charge is -2.20. The summed E-state index contributed by atoms with van der Waals surface area (Å²) in [4.78, 5) is 30.1. The minimum absolute atomic E-state index is 0.125. The Balaban J connectivity index is 1.90. The Hall–Kier alpha value is -3.15. The molecular weight excluding hydrogens is 318 g/mol. The van der Waals surface area contributed by atoms with Crippen molar-refractivity contribution in [3.8, 4) is 0 Å². The molecular formula is C19H21N3O3. The molecule has 0 radical (unpaired) electrons. The second kappa shape index (κ2) is 8.63. The molecule has 2 aromatic carbocycles. The zero-order valence-corrected chi connectivity index (χ0v) is 14.5. The highest BCUT2D eigenvalue weighted by atomic mass is 16.6. The van der Waals surface area contributed by atoms with Gasteiger partial charge in [0.1, 0.15) is 0 Å². The summed E-state index contributed by atoms with van der Waals surface area (Å²) >= 11 is 0. The van der Waals surface area contributed by atoms with Gasteiger partial charge in [0, 0.05) is 25.3 Å². The highest BCUT2D eigenvalue weighted by molar-refractivity contribution is 5.95. The highest BCUT2D eigenvalue weighted by Crippen LogP contribution is 2.13. The SMILES string of the molecule is CC(=O)Nc1ccc(C=NOC(C)C(=O)N(C)c2ccccc2)cc1. The number of nitrogens with zero attached hydrogens (tertiary/aromatic N) is 2. The molecule has 0 aliphatic rings. The number of anilines is 2. The van der Waals surface area contributed by atoms with Crippen molar-refractivity contribution in [1.82, 2.24) is 0 Å². The van der Waals surface area contributed by atoms with Crippen LogP contribution in [0, 0.1) is 0 Å². The number of nitrogens with one attached hydrogen (secondary N) is 1. The van der Waals surface area contributed by atoms with E-state index in [4.69, 9.17) is 4.84 Å². The number of hydrogen-bond acceptors (Lipinski definition) is 4. The third-order valence-corrected chi connectivity index (χ3v) is 3.47. The molecule has 2 aromatic rings. The van der Waals surface area contributed by atoms with E-state index >= 15 is 0 Å². The first-order valence-electron chi connectivity index (χ1n) is 7.87. The van der Waals surface area contributed by atoms with Crippen molar-refractivity contribution in [2.45, 2.75) is 20.0 Å². The largest absolute Gasteiger partial charge is 0.383 e. The van der Waals surface area contributed by atoms with E-state index in [1.165, 1.54) is 18.0 Å². The Kier molecular flexibility index (Phi) is 6.28. The molecule has 6 nitrogen and oxygen atoms in total. The van der Waals surface area contributed by atoms with Crippen LogP contribution in [0.1, 0.15) is 19.4 Å². The van der Waals surface area contributed by atoms with E-state index in [1.807, 2.05) is 30.3 Å². The molecule has 0 bridgehead atoms. The fraction of sp³-hybridized carbons (Fsp3) is 0.211. The van der Waals surface area contributed by atoms with Gasteiger partial charge < -0.3 is 15.1 Å². The van der Waals surface area contributed by atoms with Gasteiger partial charge in [-0.2, -0.15) is 0 Å². The van der Waals surface area contributed by atoms with Crippen LogP contribution in [-0.2, 0) is 14.4 Å². The van der Waals surface area contributed by atoms with Gasteiger partial charge in [0.05, 0.1) is 6.21 Å². The molecule has 0 spiro atoms. The van der Waals surface area contributed by atoms with E-state index < -0.39 is 6.10 Å². The van der Waals surface area contributed by atoms with Gasteiger partial charge in [-0.15, -0.1) is 0 Å². The van der Waals surface area contributed by atoms with E-state index in [0.29, 0.717) is 5.69 Å². The van der Waals surface area contributed by atoms with Gasteiger partial charge in [-0.3, -0.25) is 9.59 Å². The standard InChI is InChI=1S/C19H21N3O3/c1-14(19(24)22(3)18-7-5-4-6-8-18)25-20-13-16-9-11-17(12-10-16)21-15(2)23/h4-14H,1-3H3,(H,21,23). The van der Waals surface area contributed by atoms with E-state index in [0.717, 1.165) is 11.3 Å². The van der Waals surface area contributed by atoms with Crippen LogP contribution in [0.5, 0.6) is 0 Å². The van der Waals surface area contributed by atoms with Crippen LogP contribution in [0.4, 0.5) is 11.4 Å². The number of carbonyl (C=O) groups excluding carboxylic acids is 2. The Morgan fingerprint density at radius 2 is 1.76 bits per heavy atom. The molecule has 0 heterocycles. The molecule has 0 aliphatic carbocycles. The number of likely N-dealkylation sites (N-methyl/N-ethyl adjacent to an activating group) is 1. The monoisotopic (exact) mass is 339 g/mol. The third kappa shape index (κ3) is 5.46. The van der Waals surface area contributed by atoms with Crippen LogP contribution in [0.15, 0.2) is 59.8 Å². The fourth-order valence-electron chi connectivity index (χ4n) is 2.13. The van der Waals surface area contributed by atoms with Crippen molar-refractivity contribution in [3.05, 3.63) is 60.2 Å². The third-order valence-electron chi connectivity index (χ3n) is 3.47. The van der Waals surface area contributed by atoms with Crippen molar-refractivity contribution in [2.75, 3.05) is 17.3 Å². The molecule has 25 heavy (non-hydrogen) atoms. The highest BCUT2D eigenvalue weighted by Gasteiger charge is 2.19. The number of benzene rings is 2.